The van der Waals surface area contributed by atoms with Crippen molar-refractivity contribution in [3.63, 3.8) is 0 Å². The summed E-state index contributed by atoms with van der Waals surface area (Å²) in [5, 5.41) is 36.4. The average Bonchev–Trinajstić information content (AvgIpc) is 2.93. The lowest BCUT2D eigenvalue weighted by Gasteiger charge is -2.23. The Morgan fingerprint density at radius 2 is 1.44 bits per heavy atom. The van der Waals surface area contributed by atoms with Gasteiger partial charge in [-0.1, -0.05) is 66.7 Å². The van der Waals surface area contributed by atoms with Crippen molar-refractivity contribution in [2.24, 2.45) is 10.2 Å². The Bertz CT molecular complexity index is 1630. The molecular weight excluding hydrogens is 524 g/mol. The van der Waals surface area contributed by atoms with Crippen LogP contribution in [0, 0.1) is 0 Å². The van der Waals surface area contributed by atoms with E-state index in [1.54, 1.807) is 63.2 Å². The number of hydrogen-bond donors (Lipinski definition) is 4. The third kappa shape index (κ3) is 6.96. The third-order valence-electron chi connectivity index (χ3n) is 6.25. The Labute approximate surface area is 237 Å². The Kier molecular flexibility index (Phi) is 8.51. The molecule has 3 amide bonds. The number of benzene rings is 4. The Morgan fingerprint density at radius 3 is 2.10 bits per heavy atom. The predicted octanol–water partition coefficient (Wildman–Crippen LogP) is 5.66. The van der Waals surface area contributed by atoms with Gasteiger partial charge in [-0.3, -0.25) is 9.59 Å². The number of rotatable bonds is 7. The van der Waals surface area contributed by atoms with Crippen LogP contribution in [0.3, 0.4) is 0 Å². The maximum Gasteiger partial charge on any atom is 0.408 e. The first-order chi connectivity index (χ1) is 19.4. The van der Waals surface area contributed by atoms with Crippen molar-refractivity contribution in [1.29, 1.82) is 0 Å². The molecule has 0 saturated heterocycles. The molecule has 4 aromatic carbocycles. The lowest BCUT2D eigenvalue weighted by atomic mass is 9.99. The van der Waals surface area contributed by atoms with Crippen LogP contribution in [0.1, 0.15) is 33.3 Å². The number of amides is 3. The van der Waals surface area contributed by atoms with Gasteiger partial charge in [-0.2, -0.15) is 0 Å². The quantitative estimate of drug-likeness (QED) is 0.131. The Balaban J connectivity index is 1.61. The molecule has 212 valence electrons. The maximum absolute atomic E-state index is 13.3. The molecule has 0 spiro atoms. The molecule has 0 heterocycles. The molecule has 0 aliphatic carbocycles. The molecule has 10 nitrogen and oxygen atoms in total. The van der Waals surface area contributed by atoms with E-state index in [1.165, 1.54) is 6.92 Å². The van der Waals surface area contributed by atoms with Gasteiger partial charge in [-0.15, -0.1) is 10.2 Å². The standard InChI is InChI=1S/C31H32N4O6/c1-18(32-30(40)41-31(2,3)4)28(38)33-24(17-19-11-6-5-7-12-19)29(39)35-34-23-16-10-15-22-25(23)27(37)21-14-9-8-13-20(21)26(22)36/h5-16,18,24,36-37H,17H2,1-4H3,(H,32,40)(H,33,38)/t18-,24-/m0/s1. The summed E-state index contributed by atoms with van der Waals surface area (Å²) in [6.07, 6.45) is -0.646. The fraction of sp³-hybridized carbons (Fsp3) is 0.258. The normalized spacial score (nSPS) is 13.2. The highest BCUT2D eigenvalue weighted by Gasteiger charge is 2.26. The van der Waals surface area contributed by atoms with Crippen LogP contribution in [0.15, 0.2) is 83.0 Å². The molecule has 4 N–H and O–H groups in total. The molecule has 0 bridgehead atoms. The van der Waals surface area contributed by atoms with E-state index in [0.29, 0.717) is 16.2 Å². The fourth-order valence-corrected chi connectivity index (χ4v) is 4.31. The van der Waals surface area contributed by atoms with Crippen molar-refractivity contribution in [2.45, 2.75) is 51.8 Å². The zero-order valence-corrected chi connectivity index (χ0v) is 23.2. The van der Waals surface area contributed by atoms with Gasteiger partial charge >= 0.3 is 6.09 Å². The minimum absolute atomic E-state index is 0.0301. The number of phenolic OH excluding ortho intramolecular Hbond substituents is 2. The summed E-state index contributed by atoms with van der Waals surface area (Å²) >= 11 is 0. The average molecular weight is 557 g/mol. The summed E-state index contributed by atoms with van der Waals surface area (Å²) < 4.78 is 5.21. The second-order valence-corrected chi connectivity index (χ2v) is 10.6. The monoisotopic (exact) mass is 556 g/mol. The van der Waals surface area contributed by atoms with Gasteiger partial charge in [0.15, 0.2) is 0 Å². The largest absolute Gasteiger partial charge is 0.507 e. The number of carbonyl (C=O) groups excluding carboxylic acids is 3. The third-order valence-corrected chi connectivity index (χ3v) is 6.25. The number of carbonyl (C=O) groups is 3. The van der Waals surface area contributed by atoms with Gasteiger partial charge in [0.1, 0.15) is 29.2 Å². The van der Waals surface area contributed by atoms with E-state index in [0.717, 1.165) is 5.56 Å². The van der Waals surface area contributed by atoms with Gasteiger partial charge in [0.05, 0.1) is 11.1 Å². The first-order valence-electron chi connectivity index (χ1n) is 13.1. The van der Waals surface area contributed by atoms with E-state index >= 15 is 0 Å². The number of nitrogens with one attached hydrogen (secondary N) is 2. The second-order valence-electron chi connectivity index (χ2n) is 10.6. The molecule has 41 heavy (non-hydrogen) atoms. The van der Waals surface area contributed by atoms with E-state index in [2.05, 4.69) is 20.9 Å². The molecule has 4 rings (SSSR count). The smallest absolute Gasteiger partial charge is 0.408 e. The van der Waals surface area contributed by atoms with Crippen molar-refractivity contribution in [2.75, 3.05) is 0 Å². The molecule has 0 aromatic heterocycles. The number of phenols is 2. The maximum atomic E-state index is 13.3. The van der Waals surface area contributed by atoms with Crippen molar-refractivity contribution < 1.29 is 29.3 Å². The molecule has 0 aliphatic heterocycles. The summed E-state index contributed by atoms with van der Waals surface area (Å²) in [4.78, 5) is 38.4. The summed E-state index contributed by atoms with van der Waals surface area (Å²) in [6.45, 7) is 6.59. The summed E-state index contributed by atoms with van der Waals surface area (Å²) in [7, 11) is 0. The molecule has 10 heteroatoms. The van der Waals surface area contributed by atoms with Gasteiger partial charge < -0.3 is 25.6 Å². The van der Waals surface area contributed by atoms with Gasteiger partial charge in [0.2, 0.25) is 5.91 Å². The fourth-order valence-electron chi connectivity index (χ4n) is 4.31. The van der Waals surface area contributed by atoms with Crippen LogP contribution in [-0.2, 0) is 20.7 Å². The summed E-state index contributed by atoms with van der Waals surface area (Å²) in [5.74, 6) is -1.49. The van der Waals surface area contributed by atoms with E-state index < -0.39 is 35.6 Å². The van der Waals surface area contributed by atoms with Crippen LogP contribution in [0.4, 0.5) is 10.5 Å². The number of alkyl carbamates (subject to hydrolysis) is 1. The zero-order chi connectivity index (χ0) is 29.7. The van der Waals surface area contributed by atoms with Gasteiger partial charge in [-0.05, 0) is 39.3 Å². The first-order valence-corrected chi connectivity index (χ1v) is 13.1. The predicted molar refractivity (Wildman–Crippen MR) is 155 cm³/mol. The molecule has 0 radical (unpaired) electrons. The van der Waals surface area contributed by atoms with Crippen molar-refractivity contribution in [1.82, 2.24) is 10.6 Å². The summed E-state index contributed by atoms with van der Waals surface area (Å²) in [6, 6.07) is 18.6. The van der Waals surface area contributed by atoms with Gasteiger partial charge in [0, 0.05) is 22.6 Å². The van der Waals surface area contributed by atoms with Gasteiger partial charge in [0.25, 0.3) is 5.91 Å². The van der Waals surface area contributed by atoms with Crippen LogP contribution in [0.5, 0.6) is 11.5 Å². The molecule has 0 saturated carbocycles. The molecule has 4 aromatic rings. The minimum atomic E-state index is -1.10. The Morgan fingerprint density at radius 1 is 0.829 bits per heavy atom. The highest BCUT2D eigenvalue weighted by atomic mass is 16.6. The molecule has 0 unspecified atom stereocenters. The first kappa shape index (κ1) is 29.0. The van der Waals surface area contributed by atoms with Crippen LogP contribution < -0.4 is 10.6 Å². The zero-order valence-electron chi connectivity index (χ0n) is 23.2. The minimum Gasteiger partial charge on any atom is -0.507 e. The molecule has 2 atom stereocenters. The highest BCUT2D eigenvalue weighted by molar-refractivity contribution is 6.14. The van der Waals surface area contributed by atoms with Crippen LogP contribution in [0.25, 0.3) is 21.5 Å². The molecular formula is C31H32N4O6. The number of aromatic hydroxyl groups is 2. The van der Waals surface area contributed by atoms with Crippen LogP contribution in [0.2, 0.25) is 0 Å². The number of hydrogen-bond acceptors (Lipinski definition) is 7. The van der Waals surface area contributed by atoms with E-state index in [-0.39, 0.29) is 29.0 Å². The second kappa shape index (κ2) is 12.0. The van der Waals surface area contributed by atoms with Crippen molar-refractivity contribution in [3.05, 3.63) is 78.4 Å². The number of azo groups is 1. The Hall–Kier alpha value is -4.99. The van der Waals surface area contributed by atoms with Crippen molar-refractivity contribution in [3.8, 4) is 11.5 Å². The van der Waals surface area contributed by atoms with Crippen molar-refractivity contribution >= 4 is 45.1 Å². The SMILES string of the molecule is C[C@H](NC(=O)OC(C)(C)C)C(=O)N[C@@H](Cc1ccccc1)C(=O)N=Nc1cccc2c(O)c3ccccc3c(O)c12. The van der Waals surface area contributed by atoms with E-state index in [4.69, 9.17) is 4.74 Å². The number of ether oxygens (including phenoxy) is 1. The lowest BCUT2D eigenvalue weighted by molar-refractivity contribution is -0.128. The number of nitrogens with zero attached hydrogens (tertiary/aromatic N) is 2. The van der Waals surface area contributed by atoms with Crippen LogP contribution >= 0.6 is 0 Å². The lowest BCUT2D eigenvalue weighted by Crippen LogP contribution is -2.51. The van der Waals surface area contributed by atoms with Gasteiger partial charge in [-0.25, -0.2) is 4.79 Å². The number of fused-ring (bicyclic) bond motifs is 2. The molecule has 0 aliphatic rings. The molecule has 0 fully saturated rings. The van der Waals surface area contributed by atoms with E-state index in [9.17, 15) is 24.6 Å². The van der Waals surface area contributed by atoms with Crippen LogP contribution in [-0.4, -0.2) is 45.8 Å². The highest BCUT2D eigenvalue weighted by Crippen LogP contribution is 2.45. The topological polar surface area (TPSA) is 150 Å². The van der Waals surface area contributed by atoms with E-state index in [1.807, 2.05) is 30.3 Å². The summed E-state index contributed by atoms with van der Waals surface area (Å²) in [5.41, 5.74) is 0.193.